The molecule has 30 heavy (non-hydrogen) atoms. The molecular formula is C22H25Br2ClN2O3. The average molecular weight is 561 g/mol. The van der Waals surface area contributed by atoms with Crippen LogP contribution in [0.4, 0.5) is 0 Å². The Labute approximate surface area is 199 Å². The van der Waals surface area contributed by atoms with Crippen molar-refractivity contribution < 1.29 is 14.3 Å². The van der Waals surface area contributed by atoms with E-state index in [2.05, 4.69) is 37.2 Å². The van der Waals surface area contributed by atoms with Gasteiger partial charge < -0.3 is 15.0 Å². The van der Waals surface area contributed by atoms with Crippen molar-refractivity contribution in [2.45, 2.75) is 33.4 Å². The van der Waals surface area contributed by atoms with E-state index in [0.29, 0.717) is 29.8 Å². The van der Waals surface area contributed by atoms with Gasteiger partial charge in [-0.05, 0) is 48.7 Å². The van der Waals surface area contributed by atoms with Gasteiger partial charge in [-0.3, -0.25) is 9.59 Å². The molecule has 0 heterocycles. The van der Waals surface area contributed by atoms with Crippen molar-refractivity contribution in [3.05, 3.63) is 62.0 Å². The first kappa shape index (κ1) is 24.7. The molecule has 0 saturated heterocycles. The highest BCUT2D eigenvalue weighted by Gasteiger charge is 2.26. The molecule has 1 N–H and O–H groups in total. The predicted molar refractivity (Wildman–Crippen MR) is 127 cm³/mol. The Kier molecular flexibility index (Phi) is 9.65. The lowest BCUT2D eigenvalue weighted by atomic mass is 10.1. The summed E-state index contributed by atoms with van der Waals surface area (Å²) in [6, 6.07) is 12.2. The number of nitrogens with one attached hydrogen (secondary N) is 1. The number of nitrogens with zero attached hydrogens (tertiary/aromatic N) is 1. The first-order valence-corrected chi connectivity index (χ1v) is 11.5. The summed E-state index contributed by atoms with van der Waals surface area (Å²) in [6.45, 7) is 6.38. The van der Waals surface area contributed by atoms with Gasteiger partial charge in [-0.25, -0.2) is 0 Å². The van der Waals surface area contributed by atoms with E-state index in [1.807, 2.05) is 38.1 Å². The molecule has 0 bridgehead atoms. The number of amides is 2. The molecule has 0 aromatic heterocycles. The number of carbonyl (C=O) groups excluding carboxylic acids is 2. The molecule has 5 nitrogen and oxygen atoms in total. The third-order valence-corrected chi connectivity index (χ3v) is 5.68. The maximum absolute atomic E-state index is 13.0. The van der Waals surface area contributed by atoms with Gasteiger partial charge in [-0.2, -0.15) is 0 Å². The minimum Gasteiger partial charge on any atom is -0.482 e. The van der Waals surface area contributed by atoms with E-state index in [-0.39, 0.29) is 18.4 Å². The molecule has 2 aromatic carbocycles. The molecule has 0 aliphatic carbocycles. The molecule has 0 unspecified atom stereocenters. The van der Waals surface area contributed by atoms with Gasteiger partial charge in [0.1, 0.15) is 11.8 Å². The van der Waals surface area contributed by atoms with Gasteiger partial charge in [0, 0.05) is 22.0 Å². The Morgan fingerprint density at radius 1 is 1.07 bits per heavy atom. The molecule has 0 spiro atoms. The molecule has 8 heteroatoms. The SMILES string of the molecule is CC(C)CNC(=O)[C@H](C)N(Cc1ccc(Br)cc1)C(=O)COc1ccc(Br)cc1Cl. The van der Waals surface area contributed by atoms with Crippen LogP contribution >= 0.6 is 43.5 Å². The predicted octanol–water partition coefficient (Wildman–Crippen LogP) is 5.43. The maximum atomic E-state index is 13.0. The molecule has 2 aromatic rings. The van der Waals surface area contributed by atoms with Crippen LogP contribution < -0.4 is 10.1 Å². The van der Waals surface area contributed by atoms with Crippen LogP contribution in [0.1, 0.15) is 26.3 Å². The van der Waals surface area contributed by atoms with Crippen LogP contribution in [0.5, 0.6) is 5.75 Å². The van der Waals surface area contributed by atoms with Gasteiger partial charge in [0.2, 0.25) is 5.91 Å². The van der Waals surface area contributed by atoms with Crippen molar-refractivity contribution in [1.29, 1.82) is 0 Å². The van der Waals surface area contributed by atoms with Crippen molar-refractivity contribution in [2.24, 2.45) is 5.92 Å². The molecule has 2 rings (SSSR count). The zero-order chi connectivity index (χ0) is 22.3. The van der Waals surface area contributed by atoms with Gasteiger partial charge in [0.15, 0.2) is 6.61 Å². The highest BCUT2D eigenvalue weighted by Crippen LogP contribution is 2.27. The van der Waals surface area contributed by atoms with E-state index in [9.17, 15) is 9.59 Å². The Hall–Kier alpha value is -1.57. The second-order valence-corrected chi connectivity index (χ2v) is 9.57. The smallest absolute Gasteiger partial charge is 0.261 e. The zero-order valence-electron chi connectivity index (χ0n) is 17.1. The first-order chi connectivity index (χ1) is 14.2. The van der Waals surface area contributed by atoms with Crippen LogP contribution in [-0.2, 0) is 16.1 Å². The van der Waals surface area contributed by atoms with Crippen LogP contribution in [0.25, 0.3) is 0 Å². The number of carbonyl (C=O) groups is 2. The van der Waals surface area contributed by atoms with Gasteiger partial charge in [-0.1, -0.05) is 69.4 Å². The van der Waals surface area contributed by atoms with E-state index in [0.717, 1.165) is 14.5 Å². The fraction of sp³-hybridized carbons (Fsp3) is 0.364. The molecule has 0 radical (unpaired) electrons. The average Bonchev–Trinajstić information content (AvgIpc) is 2.70. The second kappa shape index (κ2) is 11.7. The maximum Gasteiger partial charge on any atom is 0.261 e. The highest BCUT2D eigenvalue weighted by molar-refractivity contribution is 9.10. The minimum atomic E-state index is -0.649. The number of halogens is 3. The summed E-state index contributed by atoms with van der Waals surface area (Å²) >= 11 is 12.9. The third kappa shape index (κ3) is 7.60. The summed E-state index contributed by atoms with van der Waals surface area (Å²) in [4.78, 5) is 27.2. The van der Waals surface area contributed by atoms with Crippen LogP contribution in [0, 0.1) is 5.92 Å². The molecule has 162 valence electrons. The number of hydrogen-bond donors (Lipinski definition) is 1. The third-order valence-electron chi connectivity index (χ3n) is 4.36. The molecule has 1 atom stereocenters. The van der Waals surface area contributed by atoms with Crippen molar-refractivity contribution in [3.63, 3.8) is 0 Å². The lowest BCUT2D eigenvalue weighted by Crippen LogP contribution is -2.49. The number of hydrogen-bond acceptors (Lipinski definition) is 3. The standard InChI is InChI=1S/C22H25Br2ClN2O3/c1-14(2)11-26-22(29)15(3)27(12-16-4-6-17(23)7-5-16)21(28)13-30-20-9-8-18(24)10-19(20)25/h4-10,14-15H,11-13H2,1-3H3,(H,26,29)/t15-/m0/s1. The largest absolute Gasteiger partial charge is 0.482 e. The Balaban J connectivity index is 2.14. The van der Waals surface area contributed by atoms with E-state index < -0.39 is 6.04 Å². The number of ether oxygens (including phenoxy) is 1. The van der Waals surface area contributed by atoms with Gasteiger partial charge in [0.05, 0.1) is 5.02 Å². The summed E-state index contributed by atoms with van der Waals surface area (Å²) in [7, 11) is 0. The van der Waals surface area contributed by atoms with Crippen molar-refractivity contribution >= 4 is 55.3 Å². The minimum absolute atomic E-state index is 0.198. The lowest BCUT2D eigenvalue weighted by Gasteiger charge is -2.29. The van der Waals surface area contributed by atoms with Gasteiger partial charge in [-0.15, -0.1) is 0 Å². The Morgan fingerprint density at radius 3 is 2.30 bits per heavy atom. The summed E-state index contributed by atoms with van der Waals surface area (Å²) in [5.41, 5.74) is 0.914. The summed E-state index contributed by atoms with van der Waals surface area (Å²) in [5, 5.41) is 3.30. The van der Waals surface area contributed by atoms with Crippen molar-refractivity contribution in [1.82, 2.24) is 10.2 Å². The van der Waals surface area contributed by atoms with Crippen LogP contribution in [-0.4, -0.2) is 35.9 Å². The highest BCUT2D eigenvalue weighted by atomic mass is 79.9. The van der Waals surface area contributed by atoms with E-state index in [1.165, 1.54) is 4.90 Å². The topological polar surface area (TPSA) is 58.6 Å². The molecule has 2 amide bonds. The quantitative estimate of drug-likeness (QED) is 0.445. The fourth-order valence-electron chi connectivity index (χ4n) is 2.64. The van der Waals surface area contributed by atoms with E-state index in [4.69, 9.17) is 16.3 Å². The Morgan fingerprint density at radius 2 is 1.70 bits per heavy atom. The number of benzene rings is 2. The summed E-state index contributed by atoms with van der Waals surface area (Å²) in [6.07, 6.45) is 0. The van der Waals surface area contributed by atoms with Crippen LogP contribution in [0.3, 0.4) is 0 Å². The summed E-state index contributed by atoms with van der Waals surface area (Å²) < 4.78 is 7.40. The van der Waals surface area contributed by atoms with Crippen molar-refractivity contribution in [2.75, 3.05) is 13.2 Å². The van der Waals surface area contributed by atoms with E-state index in [1.54, 1.807) is 25.1 Å². The molecule has 0 fully saturated rings. The molecular weight excluding hydrogens is 536 g/mol. The van der Waals surface area contributed by atoms with Crippen LogP contribution in [0.2, 0.25) is 5.02 Å². The monoisotopic (exact) mass is 558 g/mol. The zero-order valence-corrected chi connectivity index (χ0v) is 21.1. The second-order valence-electron chi connectivity index (χ2n) is 7.33. The van der Waals surface area contributed by atoms with Gasteiger partial charge in [0.25, 0.3) is 5.91 Å². The van der Waals surface area contributed by atoms with Gasteiger partial charge >= 0.3 is 0 Å². The molecule has 0 aliphatic heterocycles. The fourth-order valence-corrected chi connectivity index (χ4v) is 3.63. The molecule has 0 aliphatic rings. The lowest BCUT2D eigenvalue weighted by molar-refractivity contribution is -0.142. The first-order valence-electron chi connectivity index (χ1n) is 9.57. The molecule has 0 saturated carbocycles. The van der Waals surface area contributed by atoms with E-state index >= 15 is 0 Å². The summed E-state index contributed by atoms with van der Waals surface area (Å²) in [5.74, 6) is 0.230. The van der Waals surface area contributed by atoms with Crippen LogP contribution in [0.15, 0.2) is 51.4 Å². The Bertz CT molecular complexity index is 875. The number of rotatable bonds is 9. The van der Waals surface area contributed by atoms with Crippen molar-refractivity contribution in [3.8, 4) is 5.75 Å². The normalized spacial score (nSPS) is 11.8.